The van der Waals surface area contributed by atoms with E-state index in [4.69, 9.17) is 20.6 Å². The van der Waals surface area contributed by atoms with Crippen LogP contribution in [0.2, 0.25) is 0 Å². The van der Waals surface area contributed by atoms with Gasteiger partial charge in [-0.3, -0.25) is 9.05 Å². The van der Waals surface area contributed by atoms with E-state index in [1.807, 2.05) is 30.3 Å². The van der Waals surface area contributed by atoms with Gasteiger partial charge in [0.1, 0.15) is 0 Å². The molecule has 29 heavy (non-hydrogen) atoms. The van der Waals surface area contributed by atoms with Gasteiger partial charge >= 0.3 is 7.82 Å². The van der Waals surface area contributed by atoms with Crippen molar-refractivity contribution in [3.8, 4) is 0 Å². The normalized spacial score (nSPS) is 15.1. The van der Waals surface area contributed by atoms with E-state index in [1.54, 1.807) is 0 Å². The number of benzene rings is 1. The van der Waals surface area contributed by atoms with Crippen LogP contribution in [-0.4, -0.2) is 18.1 Å². The Kier molecular flexibility index (Phi) is 18.2. The Bertz CT molecular complexity index is 503. The fourth-order valence-corrected chi connectivity index (χ4v) is 3.85. The summed E-state index contributed by atoms with van der Waals surface area (Å²) in [6, 6.07) is 9.96. The number of rotatable bonds is 15. The maximum Gasteiger partial charge on any atom is 0.472 e. The summed E-state index contributed by atoms with van der Waals surface area (Å²) in [4.78, 5) is 9.77. The van der Waals surface area contributed by atoms with Gasteiger partial charge < -0.3 is 4.89 Å². The molecule has 1 N–H and O–H groups in total. The van der Waals surface area contributed by atoms with Gasteiger partial charge in [-0.15, -0.1) is 11.6 Å². The fourth-order valence-electron chi connectivity index (χ4n) is 2.80. The Morgan fingerprint density at radius 2 is 1.34 bits per heavy atom. The fraction of sp³-hybridized carbons (Fsp3) is 0.739. The van der Waals surface area contributed by atoms with E-state index in [0.717, 1.165) is 51.4 Å². The summed E-state index contributed by atoms with van der Waals surface area (Å²) in [5, 5.41) is 0. The molecule has 0 aliphatic heterocycles. The van der Waals surface area contributed by atoms with Crippen LogP contribution >= 0.6 is 19.4 Å². The molecule has 1 aromatic carbocycles. The summed E-state index contributed by atoms with van der Waals surface area (Å²) in [5.74, 6) is 1.30. The van der Waals surface area contributed by atoms with E-state index >= 15 is 0 Å². The molecule has 2 atom stereocenters. The minimum atomic E-state index is -3.89. The molecule has 0 aliphatic rings. The minimum absolute atomic E-state index is 0.316. The lowest BCUT2D eigenvalue weighted by molar-refractivity contribution is 0.110. The first-order valence-electron chi connectivity index (χ1n) is 11.1. The van der Waals surface area contributed by atoms with Crippen LogP contribution in [0, 0.1) is 11.8 Å². The van der Waals surface area contributed by atoms with Crippen LogP contribution in [0.25, 0.3) is 0 Å². The predicted octanol–water partition coefficient (Wildman–Crippen LogP) is 7.98. The molecule has 2 unspecified atom stereocenters. The number of unbranched alkanes of at least 4 members (excludes halogenated alkanes) is 2. The predicted molar refractivity (Wildman–Crippen MR) is 124 cm³/mol. The molecular weight excluding hydrogens is 407 g/mol. The molecule has 0 aromatic heterocycles. The quantitative estimate of drug-likeness (QED) is 0.218. The monoisotopic (exact) mass is 448 g/mol. The van der Waals surface area contributed by atoms with Crippen molar-refractivity contribution < 1.29 is 18.5 Å². The smallest absolute Gasteiger partial charge is 0.302 e. The highest BCUT2D eigenvalue weighted by molar-refractivity contribution is 7.47. The van der Waals surface area contributed by atoms with Crippen molar-refractivity contribution in [3.63, 3.8) is 0 Å². The van der Waals surface area contributed by atoms with E-state index < -0.39 is 7.82 Å². The van der Waals surface area contributed by atoms with Crippen LogP contribution in [0.3, 0.4) is 0 Å². The number of phosphoric acid groups is 1. The highest BCUT2D eigenvalue weighted by atomic mass is 35.5. The Morgan fingerprint density at radius 1 is 0.897 bits per heavy atom. The summed E-state index contributed by atoms with van der Waals surface area (Å²) < 4.78 is 22.2. The second-order valence-corrected chi connectivity index (χ2v) is 9.23. The zero-order valence-corrected chi connectivity index (χ0v) is 20.5. The maximum absolute atomic E-state index is 11.9. The van der Waals surface area contributed by atoms with Crippen LogP contribution in [0.15, 0.2) is 30.3 Å². The van der Waals surface area contributed by atoms with Gasteiger partial charge in [0.25, 0.3) is 0 Å². The molecule has 0 heterocycles. The minimum Gasteiger partial charge on any atom is -0.302 e. The molecule has 0 radical (unpaired) electrons. The van der Waals surface area contributed by atoms with Gasteiger partial charge in [0, 0.05) is 5.88 Å². The molecular formula is C23H42ClO4P. The second kappa shape index (κ2) is 18.4. The molecule has 0 aliphatic carbocycles. The lowest BCUT2D eigenvalue weighted by Gasteiger charge is -2.20. The van der Waals surface area contributed by atoms with E-state index in [0.29, 0.717) is 30.9 Å². The standard InChI is InChI=1S/C16H35O4P.C7H7Cl/c1-5-9-11-15(7-3)13-19-21(17,18)20-14-16(8-4)12-10-6-2;8-6-7-4-2-1-3-5-7/h15-16H,5-14H2,1-4H3,(H,17,18);1-5H,6H2. The van der Waals surface area contributed by atoms with Crippen molar-refractivity contribution in [2.75, 3.05) is 13.2 Å². The van der Waals surface area contributed by atoms with Crippen LogP contribution in [0.1, 0.15) is 84.6 Å². The average molecular weight is 449 g/mol. The summed E-state index contributed by atoms with van der Waals surface area (Å²) >= 11 is 5.53. The van der Waals surface area contributed by atoms with E-state index in [1.165, 1.54) is 5.56 Å². The molecule has 1 aromatic rings. The molecule has 170 valence electrons. The first-order valence-corrected chi connectivity index (χ1v) is 13.2. The molecule has 6 heteroatoms. The molecule has 0 saturated heterocycles. The Balaban J connectivity index is 0.000000807. The first kappa shape index (κ1) is 28.6. The third-order valence-corrected chi connectivity index (χ3v) is 6.29. The van der Waals surface area contributed by atoms with Crippen molar-refractivity contribution >= 4 is 19.4 Å². The van der Waals surface area contributed by atoms with E-state index in [-0.39, 0.29) is 0 Å². The van der Waals surface area contributed by atoms with E-state index in [2.05, 4.69) is 27.7 Å². The summed E-state index contributed by atoms with van der Waals surface area (Å²) in [6.45, 7) is 9.10. The number of hydrogen-bond donors (Lipinski definition) is 1. The lowest BCUT2D eigenvalue weighted by Crippen LogP contribution is -2.12. The van der Waals surface area contributed by atoms with Gasteiger partial charge in [0.2, 0.25) is 0 Å². The maximum atomic E-state index is 11.9. The van der Waals surface area contributed by atoms with Crippen molar-refractivity contribution in [3.05, 3.63) is 35.9 Å². The van der Waals surface area contributed by atoms with Crippen molar-refractivity contribution in [1.29, 1.82) is 0 Å². The Hall–Kier alpha value is -0.380. The second-order valence-electron chi connectivity index (χ2n) is 7.51. The lowest BCUT2D eigenvalue weighted by atomic mass is 10.0. The van der Waals surface area contributed by atoms with Gasteiger partial charge in [-0.05, 0) is 30.2 Å². The van der Waals surface area contributed by atoms with Crippen LogP contribution in [0.5, 0.6) is 0 Å². The molecule has 0 fully saturated rings. The van der Waals surface area contributed by atoms with Gasteiger partial charge in [0.05, 0.1) is 13.2 Å². The van der Waals surface area contributed by atoms with Crippen LogP contribution < -0.4 is 0 Å². The number of phosphoric ester groups is 1. The average Bonchev–Trinajstić information content (AvgIpc) is 2.75. The molecule has 4 nitrogen and oxygen atoms in total. The van der Waals surface area contributed by atoms with Crippen molar-refractivity contribution in [1.82, 2.24) is 0 Å². The number of alkyl halides is 1. The van der Waals surface area contributed by atoms with Gasteiger partial charge in [0.15, 0.2) is 0 Å². The summed E-state index contributed by atoms with van der Waals surface area (Å²) in [7, 11) is -3.89. The van der Waals surface area contributed by atoms with Crippen molar-refractivity contribution in [2.24, 2.45) is 11.8 Å². The summed E-state index contributed by atoms with van der Waals surface area (Å²) in [6.07, 6.45) is 8.56. The largest absolute Gasteiger partial charge is 0.472 e. The molecule has 0 bridgehead atoms. The zero-order valence-electron chi connectivity index (χ0n) is 18.8. The molecule has 0 spiro atoms. The number of halogens is 1. The third kappa shape index (κ3) is 16.0. The third-order valence-electron chi connectivity index (χ3n) is 5.03. The topological polar surface area (TPSA) is 55.8 Å². The zero-order chi connectivity index (χ0) is 22.0. The SMILES string of the molecule is CCCCC(CC)COP(=O)(O)OCC(CC)CCCC.ClCc1ccccc1. The molecule has 0 saturated carbocycles. The molecule has 0 amide bonds. The summed E-state index contributed by atoms with van der Waals surface area (Å²) in [5.41, 5.74) is 1.18. The van der Waals surface area contributed by atoms with Gasteiger partial charge in [-0.2, -0.15) is 0 Å². The highest BCUT2D eigenvalue weighted by Crippen LogP contribution is 2.44. The first-order chi connectivity index (χ1) is 13.9. The highest BCUT2D eigenvalue weighted by Gasteiger charge is 2.24. The Labute approximate surface area is 184 Å². The van der Waals surface area contributed by atoms with Gasteiger partial charge in [-0.25, -0.2) is 4.57 Å². The van der Waals surface area contributed by atoms with Crippen LogP contribution in [-0.2, 0) is 19.5 Å². The van der Waals surface area contributed by atoms with Gasteiger partial charge in [-0.1, -0.05) is 96.6 Å². The van der Waals surface area contributed by atoms with Crippen molar-refractivity contribution in [2.45, 2.75) is 84.9 Å². The van der Waals surface area contributed by atoms with Crippen LogP contribution in [0.4, 0.5) is 0 Å². The Morgan fingerprint density at radius 3 is 1.66 bits per heavy atom. The van der Waals surface area contributed by atoms with E-state index in [9.17, 15) is 9.46 Å². The molecule has 1 rings (SSSR count). The number of hydrogen-bond acceptors (Lipinski definition) is 3.